The fourth-order valence-corrected chi connectivity index (χ4v) is 2.85. The van der Waals surface area contributed by atoms with Gasteiger partial charge in [-0.3, -0.25) is 4.79 Å². The van der Waals surface area contributed by atoms with E-state index in [1.54, 1.807) is 18.2 Å². The molecule has 0 spiro atoms. The van der Waals surface area contributed by atoms with Crippen LogP contribution in [0.5, 0.6) is 0 Å². The van der Waals surface area contributed by atoms with Crippen LogP contribution in [0.4, 0.5) is 5.69 Å². The summed E-state index contributed by atoms with van der Waals surface area (Å²) in [7, 11) is 0. The fraction of sp³-hybridized carbons (Fsp3) is 0.316. The van der Waals surface area contributed by atoms with E-state index in [1.165, 1.54) is 5.56 Å². The van der Waals surface area contributed by atoms with E-state index in [2.05, 4.69) is 31.3 Å². The Morgan fingerprint density at radius 3 is 2.26 bits per heavy atom. The molecule has 0 radical (unpaired) electrons. The molecule has 1 N–H and O–H groups in total. The molecule has 122 valence electrons. The third-order valence-corrected chi connectivity index (χ3v) is 4.25. The summed E-state index contributed by atoms with van der Waals surface area (Å²) in [5.74, 6) is 0.272. The summed E-state index contributed by atoms with van der Waals surface area (Å²) in [4.78, 5) is 12.4. The van der Waals surface area contributed by atoms with Crippen molar-refractivity contribution in [2.24, 2.45) is 5.92 Å². The van der Waals surface area contributed by atoms with Crippen LogP contribution < -0.4 is 5.32 Å². The predicted molar refractivity (Wildman–Crippen MR) is 98.5 cm³/mol. The van der Waals surface area contributed by atoms with E-state index >= 15 is 0 Å². The number of amides is 1. The average molecular weight is 350 g/mol. The average Bonchev–Trinajstić information content (AvgIpc) is 2.49. The van der Waals surface area contributed by atoms with Gasteiger partial charge in [0.2, 0.25) is 5.91 Å². The van der Waals surface area contributed by atoms with Crippen LogP contribution in [0.1, 0.15) is 37.8 Å². The number of hydrogen-bond acceptors (Lipinski definition) is 1. The molecule has 23 heavy (non-hydrogen) atoms. The first kappa shape index (κ1) is 17.8. The normalized spacial score (nSPS) is 12.3. The zero-order valence-electron chi connectivity index (χ0n) is 13.6. The third kappa shape index (κ3) is 4.98. The number of halogens is 2. The van der Waals surface area contributed by atoms with Crippen molar-refractivity contribution >= 4 is 34.8 Å². The topological polar surface area (TPSA) is 29.1 Å². The lowest BCUT2D eigenvalue weighted by atomic mass is 9.96. The largest absolute Gasteiger partial charge is 0.324 e. The Morgan fingerprint density at radius 2 is 1.70 bits per heavy atom. The summed E-state index contributed by atoms with van der Waals surface area (Å²) in [6, 6.07) is 13.2. The van der Waals surface area contributed by atoms with Gasteiger partial charge >= 0.3 is 0 Å². The molecule has 0 aromatic heterocycles. The SMILES string of the molecule is CC(C)Cc1ccc([C@@H](C)C(=O)Nc2ccc(Cl)cc2Cl)cc1. The maximum atomic E-state index is 12.4. The number of nitrogens with one attached hydrogen (secondary N) is 1. The van der Waals surface area contributed by atoms with Gasteiger partial charge in [0.25, 0.3) is 0 Å². The summed E-state index contributed by atoms with van der Waals surface area (Å²) in [6.45, 7) is 6.27. The number of carbonyl (C=O) groups excluding carboxylic acids is 1. The van der Waals surface area contributed by atoms with E-state index in [-0.39, 0.29) is 11.8 Å². The Kier molecular flexibility index (Phi) is 6.09. The number of rotatable bonds is 5. The summed E-state index contributed by atoms with van der Waals surface area (Å²) in [5, 5.41) is 3.83. The van der Waals surface area contributed by atoms with Gasteiger partial charge in [0, 0.05) is 5.02 Å². The summed E-state index contributed by atoms with van der Waals surface area (Å²) in [5.41, 5.74) is 2.85. The molecule has 0 heterocycles. The summed E-state index contributed by atoms with van der Waals surface area (Å²) >= 11 is 12.0. The van der Waals surface area contributed by atoms with Gasteiger partial charge in [-0.1, -0.05) is 61.3 Å². The molecule has 0 fully saturated rings. The molecule has 0 aliphatic carbocycles. The lowest BCUT2D eigenvalue weighted by molar-refractivity contribution is -0.117. The highest BCUT2D eigenvalue weighted by atomic mass is 35.5. The van der Waals surface area contributed by atoms with Crippen LogP contribution in [-0.4, -0.2) is 5.91 Å². The Morgan fingerprint density at radius 1 is 1.04 bits per heavy atom. The summed E-state index contributed by atoms with van der Waals surface area (Å²) in [6.07, 6.45) is 1.04. The Bertz CT molecular complexity index is 680. The first-order valence-corrected chi connectivity index (χ1v) is 8.47. The van der Waals surface area contributed by atoms with Crippen molar-refractivity contribution < 1.29 is 4.79 Å². The molecule has 2 nitrogen and oxygen atoms in total. The van der Waals surface area contributed by atoms with Crippen molar-refractivity contribution in [1.82, 2.24) is 0 Å². The number of hydrogen-bond donors (Lipinski definition) is 1. The zero-order valence-corrected chi connectivity index (χ0v) is 15.1. The van der Waals surface area contributed by atoms with Gasteiger partial charge < -0.3 is 5.32 Å². The first-order valence-electron chi connectivity index (χ1n) is 7.71. The van der Waals surface area contributed by atoms with Crippen molar-refractivity contribution in [1.29, 1.82) is 0 Å². The van der Waals surface area contributed by atoms with Gasteiger partial charge in [-0.2, -0.15) is 0 Å². The van der Waals surface area contributed by atoms with E-state index in [9.17, 15) is 4.79 Å². The molecule has 0 aliphatic rings. The minimum Gasteiger partial charge on any atom is -0.324 e. The maximum Gasteiger partial charge on any atom is 0.231 e. The minimum atomic E-state index is -0.255. The van der Waals surface area contributed by atoms with Crippen LogP contribution in [0.2, 0.25) is 10.0 Å². The van der Waals surface area contributed by atoms with Crippen LogP contribution in [0.15, 0.2) is 42.5 Å². The Labute approximate surface area is 147 Å². The predicted octanol–water partition coefficient (Wildman–Crippen LogP) is 5.93. The first-order chi connectivity index (χ1) is 10.9. The molecule has 1 amide bonds. The standard InChI is InChI=1S/C19H21Cl2NO/c1-12(2)10-14-4-6-15(7-5-14)13(3)19(23)22-18-9-8-16(20)11-17(18)21/h4-9,11-13H,10H2,1-3H3,(H,22,23)/t13-/m1/s1. The Hall–Kier alpha value is -1.51. The molecular weight excluding hydrogens is 329 g/mol. The highest BCUT2D eigenvalue weighted by Crippen LogP contribution is 2.27. The van der Waals surface area contributed by atoms with Crippen molar-refractivity contribution in [2.75, 3.05) is 5.32 Å². The van der Waals surface area contributed by atoms with Crippen molar-refractivity contribution in [3.05, 3.63) is 63.6 Å². The molecule has 1 atom stereocenters. The van der Waals surface area contributed by atoms with E-state index < -0.39 is 0 Å². The fourth-order valence-electron chi connectivity index (χ4n) is 2.40. The van der Waals surface area contributed by atoms with Crippen LogP contribution in [0.3, 0.4) is 0 Å². The van der Waals surface area contributed by atoms with E-state index in [4.69, 9.17) is 23.2 Å². The number of carbonyl (C=O) groups is 1. The molecule has 0 saturated carbocycles. The van der Waals surface area contributed by atoms with E-state index in [0.717, 1.165) is 12.0 Å². The molecule has 0 bridgehead atoms. The van der Waals surface area contributed by atoms with Gasteiger partial charge in [0.05, 0.1) is 16.6 Å². The lowest BCUT2D eigenvalue weighted by Gasteiger charge is -2.14. The molecule has 2 aromatic rings. The van der Waals surface area contributed by atoms with Gasteiger partial charge in [0.1, 0.15) is 0 Å². The number of benzene rings is 2. The van der Waals surface area contributed by atoms with Gasteiger partial charge in [-0.15, -0.1) is 0 Å². The minimum absolute atomic E-state index is 0.0918. The van der Waals surface area contributed by atoms with Gasteiger partial charge in [-0.25, -0.2) is 0 Å². The molecule has 0 aliphatic heterocycles. The van der Waals surface area contributed by atoms with Crippen molar-refractivity contribution in [3.63, 3.8) is 0 Å². The highest BCUT2D eigenvalue weighted by molar-refractivity contribution is 6.36. The summed E-state index contributed by atoms with van der Waals surface area (Å²) < 4.78 is 0. The zero-order chi connectivity index (χ0) is 17.0. The molecule has 0 saturated heterocycles. The molecule has 0 unspecified atom stereocenters. The number of anilines is 1. The monoisotopic (exact) mass is 349 g/mol. The van der Waals surface area contributed by atoms with Crippen LogP contribution in [0.25, 0.3) is 0 Å². The second kappa shape index (κ2) is 7.85. The smallest absolute Gasteiger partial charge is 0.231 e. The molecule has 2 aromatic carbocycles. The van der Waals surface area contributed by atoms with Gasteiger partial charge in [-0.05, 0) is 48.6 Å². The van der Waals surface area contributed by atoms with Crippen LogP contribution >= 0.6 is 23.2 Å². The van der Waals surface area contributed by atoms with Gasteiger partial charge in [0.15, 0.2) is 0 Å². The molecular formula is C19H21Cl2NO. The maximum absolute atomic E-state index is 12.4. The second-order valence-electron chi connectivity index (χ2n) is 6.17. The molecule has 2 rings (SSSR count). The quantitative estimate of drug-likeness (QED) is 0.711. The van der Waals surface area contributed by atoms with Crippen molar-refractivity contribution in [3.8, 4) is 0 Å². The van der Waals surface area contributed by atoms with Crippen LogP contribution in [-0.2, 0) is 11.2 Å². The van der Waals surface area contributed by atoms with Crippen LogP contribution in [0, 0.1) is 5.92 Å². The van der Waals surface area contributed by atoms with Crippen molar-refractivity contribution in [2.45, 2.75) is 33.1 Å². The highest BCUT2D eigenvalue weighted by Gasteiger charge is 2.16. The lowest BCUT2D eigenvalue weighted by Crippen LogP contribution is -2.19. The second-order valence-corrected chi connectivity index (χ2v) is 7.02. The Balaban J connectivity index is 2.07. The van der Waals surface area contributed by atoms with E-state index in [0.29, 0.717) is 21.7 Å². The van der Waals surface area contributed by atoms with E-state index in [1.807, 2.05) is 19.1 Å². The third-order valence-electron chi connectivity index (χ3n) is 3.71. The molecule has 4 heteroatoms.